The number of nitrogens with zero attached hydrogens (tertiary/aromatic N) is 4. The summed E-state index contributed by atoms with van der Waals surface area (Å²) in [7, 11) is 0. The van der Waals surface area contributed by atoms with E-state index in [-0.39, 0.29) is 0 Å². The predicted molar refractivity (Wildman–Crippen MR) is 142 cm³/mol. The zero-order chi connectivity index (χ0) is 23.2. The molecule has 0 bridgehead atoms. The molecule has 2 aliphatic rings. The van der Waals surface area contributed by atoms with Crippen molar-refractivity contribution in [2.24, 2.45) is 4.99 Å². The van der Waals surface area contributed by atoms with Gasteiger partial charge in [0.25, 0.3) is 0 Å². The number of thiazole rings is 1. The molecule has 1 aliphatic carbocycles. The van der Waals surface area contributed by atoms with Crippen LogP contribution in [-0.4, -0.2) is 23.1 Å². The second kappa shape index (κ2) is 8.38. The van der Waals surface area contributed by atoms with E-state index in [0.29, 0.717) is 15.9 Å². The zero-order valence-electron chi connectivity index (χ0n) is 18.7. The molecule has 34 heavy (non-hydrogen) atoms. The number of benzene rings is 4. The van der Waals surface area contributed by atoms with Crippen LogP contribution in [0.5, 0.6) is 0 Å². The van der Waals surface area contributed by atoms with Gasteiger partial charge in [-0.2, -0.15) is 0 Å². The van der Waals surface area contributed by atoms with Crippen LogP contribution in [0.2, 0.25) is 5.02 Å². The molecule has 168 valence electrons. The summed E-state index contributed by atoms with van der Waals surface area (Å²) < 4.78 is 7.42. The van der Waals surface area contributed by atoms with Crippen molar-refractivity contribution in [1.82, 2.24) is 9.97 Å². The Labute approximate surface area is 205 Å². The first-order valence-electron chi connectivity index (χ1n) is 11.2. The quantitative estimate of drug-likeness (QED) is 0.193. The van der Waals surface area contributed by atoms with Gasteiger partial charge in [-0.25, -0.2) is 15.0 Å². The molecular formula is C27H21ClN4OS. The molecule has 0 saturated carbocycles. The summed E-state index contributed by atoms with van der Waals surface area (Å²) >= 11 is 7.67. The van der Waals surface area contributed by atoms with Crippen LogP contribution in [0.4, 0.5) is 10.8 Å². The van der Waals surface area contributed by atoms with Crippen LogP contribution >= 0.6 is 22.9 Å². The number of anilines is 1. The molecular weight excluding hydrogens is 464 g/mol. The molecule has 0 amide bonds. The lowest BCUT2D eigenvalue weighted by Crippen LogP contribution is -2.21. The molecule has 6 rings (SSSR count). The average Bonchev–Trinajstić information content (AvgIpc) is 3.25. The number of halogens is 1. The Balaban J connectivity index is 1.60. The fraction of sp³-hybridized carbons (Fsp3) is 0.148. The first-order valence-corrected chi connectivity index (χ1v) is 12.4. The molecule has 0 radical (unpaired) electrons. The second-order valence-electron chi connectivity index (χ2n) is 8.05. The summed E-state index contributed by atoms with van der Waals surface area (Å²) in [6.07, 6.45) is 0. The minimum absolute atomic E-state index is 0.680. The zero-order valence-corrected chi connectivity index (χ0v) is 20.3. The van der Waals surface area contributed by atoms with Crippen molar-refractivity contribution in [1.29, 1.82) is 0 Å². The molecule has 4 aromatic rings. The lowest BCUT2D eigenvalue weighted by atomic mass is 10.0. The van der Waals surface area contributed by atoms with E-state index in [0.717, 1.165) is 61.9 Å². The Hall–Kier alpha value is -3.48. The van der Waals surface area contributed by atoms with Crippen LogP contribution < -0.4 is 10.3 Å². The normalized spacial score (nSPS) is 12.4. The lowest BCUT2D eigenvalue weighted by molar-refractivity contribution is 0.613. The van der Waals surface area contributed by atoms with Crippen molar-refractivity contribution in [3.05, 3.63) is 77.1 Å². The summed E-state index contributed by atoms with van der Waals surface area (Å²) in [5, 5.41) is 4.19. The van der Waals surface area contributed by atoms with Crippen molar-refractivity contribution >= 4 is 65.8 Å². The van der Waals surface area contributed by atoms with Crippen LogP contribution in [0.25, 0.3) is 43.5 Å². The molecule has 1 aliphatic heterocycles. The minimum Gasteiger partial charge on any atom is -0.453 e. The molecule has 0 spiro atoms. The van der Waals surface area contributed by atoms with Crippen molar-refractivity contribution < 1.29 is 4.42 Å². The SMILES string of the molecule is CCN(CC)c1ccc2nc3c4ccccc4c(=Nc4nc5ccc(Cl)cc5s4)cc-3oc2c1. The van der Waals surface area contributed by atoms with Crippen LogP contribution in [0, 0.1) is 0 Å². The molecule has 0 unspecified atom stereocenters. The Morgan fingerprint density at radius 2 is 1.71 bits per heavy atom. The highest BCUT2D eigenvalue weighted by molar-refractivity contribution is 7.22. The molecule has 0 saturated heterocycles. The van der Waals surface area contributed by atoms with Crippen LogP contribution in [0.15, 0.2) is 76.1 Å². The number of rotatable bonds is 4. The topological polar surface area (TPSA) is 54.5 Å². The van der Waals surface area contributed by atoms with E-state index in [1.807, 2.05) is 42.5 Å². The Morgan fingerprint density at radius 1 is 0.912 bits per heavy atom. The van der Waals surface area contributed by atoms with Crippen LogP contribution in [0.1, 0.15) is 13.8 Å². The van der Waals surface area contributed by atoms with Crippen molar-refractivity contribution in [3.8, 4) is 11.5 Å². The molecule has 0 fully saturated rings. The highest BCUT2D eigenvalue weighted by atomic mass is 35.5. The van der Waals surface area contributed by atoms with E-state index in [1.165, 1.54) is 11.3 Å². The largest absolute Gasteiger partial charge is 0.453 e. The van der Waals surface area contributed by atoms with E-state index < -0.39 is 0 Å². The molecule has 2 heterocycles. The summed E-state index contributed by atoms with van der Waals surface area (Å²) in [5.41, 5.74) is 4.43. The Kier molecular flexibility index (Phi) is 5.20. The van der Waals surface area contributed by atoms with Crippen molar-refractivity contribution in [2.75, 3.05) is 18.0 Å². The third-order valence-electron chi connectivity index (χ3n) is 6.04. The van der Waals surface area contributed by atoms with Gasteiger partial charge in [0.15, 0.2) is 11.3 Å². The van der Waals surface area contributed by atoms with E-state index in [9.17, 15) is 0 Å². The van der Waals surface area contributed by atoms with E-state index in [1.54, 1.807) is 0 Å². The fourth-order valence-electron chi connectivity index (χ4n) is 4.34. The predicted octanol–water partition coefficient (Wildman–Crippen LogP) is 7.43. The van der Waals surface area contributed by atoms with Gasteiger partial charge in [0.05, 0.1) is 15.6 Å². The van der Waals surface area contributed by atoms with Gasteiger partial charge < -0.3 is 9.32 Å². The van der Waals surface area contributed by atoms with Crippen LogP contribution in [-0.2, 0) is 0 Å². The van der Waals surface area contributed by atoms with E-state index >= 15 is 0 Å². The maximum atomic E-state index is 6.40. The molecule has 1 aromatic heterocycles. The first-order chi connectivity index (χ1) is 16.6. The summed E-state index contributed by atoms with van der Waals surface area (Å²) in [6, 6.07) is 22.0. The van der Waals surface area contributed by atoms with Gasteiger partial charge in [-0.15, -0.1) is 0 Å². The summed E-state index contributed by atoms with van der Waals surface area (Å²) in [4.78, 5) is 16.8. The van der Waals surface area contributed by atoms with Gasteiger partial charge in [0.2, 0.25) is 5.13 Å². The van der Waals surface area contributed by atoms with E-state index in [4.69, 9.17) is 26.0 Å². The van der Waals surface area contributed by atoms with Gasteiger partial charge in [-0.3, -0.25) is 0 Å². The molecule has 0 N–H and O–H groups in total. The van der Waals surface area contributed by atoms with E-state index in [2.05, 4.69) is 48.0 Å². The molecule has 0 atom stereocenters. The van der Waals surface area contributed by atoms with Crippen molar-refractivity contribution in [2.45, 2.75) is 13.8 Å². The summed E-state index contributed by atoms with van der Waals surface area (Å²) in [6.45, 7) is 6.17. The van der Waals surface area contributed by atoms with Gasteiger partial charge in [-0.1, -0.05) is 47.2 Å². The standard InChI is InChI=1S/C27H21ClN4OS/c1-3-32(4-2)17-10-12-20-23(14-17)33-24-15-22(18-7-5-6-8-19(18)26(24)29-20)31-27-30-21-11-9-16(28)13-25(21)34-27/h5-15H,3-4H2,1-2H3. The van der Waals surface area contributed by atoms with Crippen molar-refractivity contribution in [3.63, 3.8) is 0 Å². The van der Waals surface area contributed by atoms with Gasteiger partial charge in [0.1, 0.15) is 11.2 Å². The number of hydrogen-bond donors (Lipinski definition) is 0. The fourth-order valence-corrected chi connectivity index (χ4v) is 5.47. The number of fused-ring (bicyclic) bond motifs is 5. The highest BCUT2D eigenvalue weighted by Gasteiger charge is 2.16. The van der Waals surface area contributed by atoms with Gasteiger partial charge >= 0.3 is 0 Å². The molecule has 5 nitrogen and oxygen atoms in total. The smallest absolute Gasteiger partial charge is 0.210 e. The average molecular weight is 485 g/mol. The first kappa shape index (κ1) is 21.1. The minimum atomic E-state index is 0.680. The number of hydrogen-bond acceptors (Lipinski definition) is 6. The van der Waals surface area contributed by atoms with Gasteiger partial charge in [0, 0.05) is 46.7 Å². The monoisotopic (exact) mass is 484 g/mol. The van der Waals surface area contributed by atoms with Gasteiger partial charge in [-0.05, 0) is 44.2 Å². The maximum absolute atomic E-state index is 6.40. The third kappa shape index (κ3) is 3.59. The Morgan fingerprint density at radius 3 is 2.53 bits per heavy atom. The maximum Gasteiger partial charge on any atom is 0.210 e. The molecule has 3 aromatic carbocycles. The second-order valence-corrected chi connectivity index (χ2v) is 9.49. The highest BCUT2D eigenvalue weighted by Crippen LogP contribution is 2.33. The number of aromatic nitrogens is 2. The Bertz CT molecular complexity index is 1720. The summed E-state index contributed by atoms with van der Waals surface area (Å²) in [5.74, 6) is 0.700. The lowest BCUT2D eigenvalue weighted by Gasteiger charge is -2.21. The third-order valence-corrected chi connectivity index (χ3v) is 7.19. The molecule has 7 heteroatoms. The van der Waals surface area contributed by atoms with Crippen LogP contribution in [0.3, 0.4) is 0 Å².